The molecule has 5 heteroatoms. The van der Waals surface area contributed by atoms with Gasteiger partial charge in [-0.15, -0.1) is 0 Å². The number of benzene rings is 2. The number of esters is 1. The summed E-state index contributed by atoms with van der Waals surface area (Å²) in [5.41, 5.74) is 1.52. The molecule has 1 heterocycles. The number of nitrogens with zero attached hydrogens (tertiary/aromatic N) is 1. The maximum atomic E-state index is 12.8. The van der Waals surface area contributed by atoms with Crippen molar-refractivity contribution in [3.8, 4) is 0 Å². The van der Waals surface area contributed by atoms with Crippen LogP contribution in [0, 0.1) is 0 Å². The number of amides is 2. The van der Waals surface area contributed by atoms with Gasteiger partial charge in [0.05, 0.1) is 11.1 Å². The highest BCUT2D eigenvalue weighted by atomic mass is 16.5. The third-order valence-electron chi connectivity index (χ3n) is 4.25. The fraction of sp³-hybridized carbons (Fsp3) is 0.150. The highest BCUT2D eigenvalue weighted by molar-refractivity contribution is 6.14. The number of carbonyl (C=O) groups excluding carboxylic acids is 3. The van der Waals surface area contributed by atoms with E-state index in [-0.39, 0.29) is 19.7 Å². The third kappa shape index (κ3) is 3.02. The standard InChI is InChI=1S/C20H18NO4/c1-2-12-21(13-18(22)25-14-15-8-4-3-5-9-15)19(23)16-10-6-7-11-17(16)20(21)24/h2-11H,1,12-14H2/q+1. The Morgan fingerprint density at radius 3 is 2.08 bits per heavy atom. The van der Waals surface area contributed by atoms with Crippen LogP contribution in [0.4, 0.5) is 0 Å². The summed E-state index contributed by atoms with van der Waals surface area (Å²) in [6.45, 7) is 3.44. The summed E-state index contributed by atoms with van der Waals surface area (Å²) in [5.74, 6) is -1.38. The van der Waals surface area contributed by atoms with Crippen LogP contribution < -0.4 is 0 Å². The number of rotatable bonds is 6. The molecule has 0 bridgehead atoms. The predicted octanol–water partition coefficient (Wildman–Crippen LogP) is 2.73. The Hall–Kier alpha value is -3.05. The average Bonchev–Trinajstić information content (AvgIpc) is 2.84. The summed E-state index contributed by atoms with van der Waals surface area (Å²) >= 11 is 0. The maximum absolute atomic E-state index is 12.8. The van der Waals surface area contributed by atoms with Crippen LogP contribution in [0.1, 0.15) is 26.3 Å². The fourth-order valence-electron chi connectivity index (χ4n) is 3.01. The molecule has 0 unspecified atom stereocenters. The van der Waals surface area contributed by atoms with Gasteiger partial charge in [0.1, 0.15) is 13.2 Å². The van der Waals surface area contributed by atoms with Gasteiger partial charge in [0, 0.05) is 0 Å². The van der Waals surface area contributed by atoms with E-state index in [1.165, 1.54) is 6.08 Å². The van der Waals surface area contributed by atoms with Crippen molar-refractivity contribution in [1.82, 2.24) is 0 Å². The van der Waals surface area contributed by atoms with E-state index < -0.39 is 22.3 Å². The molecule has 2 amide bonds. The first-order valence-corrected chi connectivity index (χ1v) is 7.95. The smallest absolute Gasteiger partial charge is 0.363 e. The van der Waals surface area contributed by atoms with Crippen LogP contribution in [0.25, 0.3) is 0 Å². The van der Waals surface area contributed by atoms with Crippen LogP contribution >= 0.6 is 0 Å². The van der Waals surface area contributed by atoms with Crippen molar-refractivity contribution in [2.24, 2.45) is 0 Å². The number of quaternary nitrogens is 1. The van der Waals surface area contributed by atoms with E-state index in [4.69, 9.17) is 4.74 Å². The second kappa shape index (κ2) is 6.83. The van der Waals surface area contributed by atoms with E-state index in [0.717, 1.165) is 5.56 Å². The predicted molar refractivity (Wildman–Crippen MR) is 91.5 cm³/mol. The minimum absolute atomic E-state index is 0.0484. The Bertz CT molecular complexity index is 807. The molecule has 2 aromatic rings. The van der Waals surface area contributed by atoms with Crippen LogP contribution in [0.2, 0.25) is 0 Å². The van der Waals surface area contributed by atoms with E-state index in [0.29, 0.717) is 11.1 Å². The van der Waals surface area contributed by atoms with Gasteiger partial charge >= 0.3 is 17.8 Å². The zero-order valence-electron chi connectivity index (χ0n) is 13.7. The summed E-state index contributed by atoms with van der Waals surface area (Å²) in [6.07, 6.45) is 1.48. The summed E-state index contributed by atoms with van der Waals surface area (Å²) in [5, 5.41) is 0. The molecule has 1 aliphatic heterocycles. The lowest BCUT2D eigenvalue weighted by Crippen LogP contribution is -2.55. The lowest BCUT2D eigenvalue weighted by Gasteiger charge is -2.26. The molecule has 3 rings (SSSR count). The Morgan fingerprint density at radius 1 is 0.960 bits per heavy atom. The maximum Gasteiger partial charge on any atom is 0.363 e. The van der Waals surface area contributed by atoms with Crippen molar-refractivity contribution in [2.75, 3.05) is 13.1 Å². The monoisotopic (exact) mass is 336 g/mol. The quantitative estimate of drug-likeness (QED) is 0.352. The summed E-state index contributed by atoms with van der Waals surface area (Å²) < 4.78 is 4.64. The molecule has 5 nitrogen and oxygen atoms in total. The SMILES string of the molecule is C=CC[N+]1(CC(=O)OCc2ccccc2)C(=O)c2ccccc2C1=O. The zero-order chi connectivity index (χ0) is 17.9. The Labute approximate surface area is 145 Å². The molecule has 0 N–H and O–H groups in total. The van der Waals surface area contributed by atoms with E-state index in [9.17, 15) is 14.4 Å². The summed E-state index contributed by atoms with van der Waals surface area (Å²) in [7, 11) is 0. The van der Waals surface area contributed by atoms with Crippen LogP contribution in [0.5, 0.6) is 0 Å². The lowest BCUT2D eigenvalue weighted by atomic mass is 10.1. The molecule has 0 aliphatic carbocycles. The Morgan fingerprint density at radius 2 is 1.52 bits per heavy atom. The van der Waals surface area contributed by atoms with Crippen LogP contribution in [0.15, 0.2) is 67.3 Å². The zero-order valence-corrected chi connectivity index (χ0v) is 13.7. The number of hydrogen-bond donors (Lipinski definition) is 0. The number of imide groups is 1. The second-order valence-electron chi connectivity index (χ2n) is 5.90. The first kappa shape index (κ1) is 16.8. The van der Waals surface area contributed by atoms with Gasteiger partial charge in [-0.05, 0) is 23.8 Å². The molecule has 1 aliphatic rings. The van der Waals surface area contributed by atoms with Gasteiger partial charge in [-0.1, -0.05) is 49.0 Å². The average molecular weight is 336 g/mol. The topological polar surface area (TPSA) is 60.4 Å². The van der Waals surface area contributed by atoms with Crippen molar-refractivity contribution in [3.63, 3.8) is 0 Å². The van der Waals surface area contributed by atoms with Crippen LogP contribution in [-0.4, -0.2) is 35.4 Å². The van der Waals surface area contributed by atoms with Crippen LogP contribution in [-0.2, 0) is 16.1 Å². The molecule has 0 radical (unpaired) electrons. The Balaban J connectivity index is 1.80. The van der Waals surface area contributed by atoms with E-state index >= 15 is 0 Å². The summed E-state index contributed by atoms with van der Waals surface area (Å²) in [4.78, 5) is 38.0. The van der Waals surface area contributed by atoms with Crippen molar-refractivity contribution >= 4 is 17.8 Å². The van der Waals surface area contributed by atoms with E-state index in [1.54, 1.807) is 24.3 Å². The first-order chi connectivity index (χ1) is 12.1. The molecule has 0 aromatic heterocycles. The van der Waals surface area contributed by atoms with Gasteiger partial charge < -0.3 is 4.74 Å². The molecular weight excluding hydrogens is 318 g/mol. The Kier molecular flexibility index (Phi) is 4.59. The number of fused-ring (bicyclic) bond motifs is 1. The van der Waals surface area contributed by atoms with E-state index in [1.807, 2.05) is 30.3 Å². The van der Waals surface area contributed by atoms with Crippen molar-refractivity contribution in [3.05, 3.63) is 83.9 Å². The number of carbonyl (C=O) groups is 3. The molecule has 0 atom stereocenters. The summed E-state index contributed by atoms with van der Waals surface area (Å²) in [6, 6.07) is 15.8. The third-order valence-corrected chi connectivity index (χ3v) is 4.25. The molecule has 25 heavy (non-hydrogen) atoms. The molecular formula is C20H18NO4+. The molecule has 0 saturated heterocycles. The van der Waals surface area contributed by atoms with Gasteiger partial charge in [0.15, 0.2) is 6.54 Å². The highest BCUT2D eigenvalue weighted by Crippen LogP contribution is 2.30. The van der Waals surface area contributed by atoms with Crippen LogP contribution in [0.3, 0.4) is 0 Å². The first-order valence-electron chi connectivity index (χ1n) is 7.95. The largest absolute Gasteiger partial charge is 0.457 e. The van der Waals surface area contributed by atoms with E-state index in [2.05, 4.69) is 6.58 Å². The second-order valence-corrected chi connectivity index (χ2v) is 5.90. The van der Waals surface area contributed by atoms with Gasteiger partial charge in [0.25, 0.3) is 0 Å². The van der Waals surface area contributed by atoms with Crippen molar-refractivity contribution in [1.29, 1.82) is 0 Å². The van der Waals surface area contributed by atoms with Gasteiger partial charge in [-0.3, -0.25) is 0 Å². The minimum atomic E-state index is -0.629. The molecule has 0 spiro atoms. The fourth-order valence-corrected chi connectivity index (χ4v) is 3.01. The molecule has 0 saturated carbocycles. The van der Waals surface area contributed by atoms with Crippen molar-refractivity contribution < 1.29 is 23.6 Å². The minimum Gasteiger partial charge on any atom is -0.457 e. The lowest BCUT2D eigenvalue weighted by molar-refractivity contribution is -0.748. The normalized spacial score (nSPS) is 14.9. The van der Waals surface area contributed by atoms with Gasteiger partial charge in [-0.2, -0.15) is 4.48 Å². The number of hydrogen-bond acceptors (Lipinski definition) is 4. The van der Waals surface area contributed by atoms with Gasteiger partial charge in [0.2, 0.25) is 0 Å². The molecule has 0 fully saturated rings. The molecule has 126 valence electrons. The van der Waals surface area contributed by atoms with Gasteiger partial charge in [-0.25, -0.2) is 14.4 Å². The molecule has 2 aromatic carbocycles. The number of ether oxygens (including phenoxy) is 1. The highest BCUT2D eigenvalue weighted by Gasteiger charge is 2.54. The van der Waals surface area contributed by atoms with Crippen molar-refractivity contribution in [2.45, 2.75) is 6.61 Å².